The number of nitrogens with one attached hydrogen (secondary N) is 1. The topological polar surface area (TPSA) is 86.3 Å². The van der Waals surface area contributed by atoms with Gasteiger partial charge in [0, 0.05) is 19.3 Å². The Morgan fingerprint density at radius 2 is 2.44 bits per heavy atom. The third-order valence-corrected chi connectivity index (χ3v) is 2.57. The van der Waals surface area contributed by atoms with Gasteiger partial charge >= 0.3 is 0 Å². The van der Waals surface area contributed by atoms with E-state index in [4.69, 9.17) is 0 Å². The fraction of sp³-hybridized carbons (Fsp3) is 0.500. The zero-order valence-corrected chi connectivity index (χ0v) is 8.72. The van der Waals surface area contributed by atoms with Gasteiger partial charge in [0.1, 0.15) is 5.69 Å². The number of β-amino-alcohol motifs (C(OH)–C–C–N with tert-alkyl or cyclic N) is 1. The zero-order chi connectivity index (χ0) is 11.5. The van der Waals surface area contributed by atoms with Crippen LogP contribution in [0, 0.1) is 0 Å². The summed E-state index contributed by atoms with van der Waals surface area (Å²) in [7, 11) is 0. The molecular weight excluding hydrogens is 210 g/mol. The van der Waals surface area contributed by atoms with Crippen LogP contribution in [0.2, 0.25) is 0 Å². The molecule has 1 fully saturated rings. The van der Waals surface area contributed by atoms with Crippen LogP contribution in [0.3, 0.4) is 0 Å². The van der Waals surface area contributed by atoms with Crippen molar-refractivity contribution >= 4 is 5.91 Å². The van der Waals surface area contributed by atoms with Gasteiger partial charge in [0.25, 0.3) is 11.5 Å². The third-order valence-electron chi connectivity index (χ3n) is 2.57. The van der Waals surface area contributed by atoms with Crippen LogP contribution in [0.5, 0.6) is 0 Å². The maximum Gasteiger partial charge on any atom is 0.274 e. The molecule has 1 aromatic rings. The van der Waals surface area contributed by atoms with Gasteiger partial charge in [0.2, 0.25) is 0 Å². The van der Waals surface area contributed by atoms with E-state index in [0.717, 1.165) is 19.0 Å². The molecule has 86 valence electrons. The lowest BCUT2D eigenvalue weighted by Crippen LogP contribution is -2.42. The first-order valence-electron chi connectivity index (χ1n) is 5.19. The summed E-state index contributed by atoms with van der Waals surface area (Å²) in [6.45, 7) is 0.955. The van der Waals surface area contributed by atoms with Gasteiger partial charge in [0.15, 0.2) is 0 Å². The zero-order valence-electron chi connectivity index (χ0n) is 8.72. The van der Waals surface area contributed by atoms with Gasteiger partial charge < -0.3 is 15.0 Å². The SMILES string of the molecule is O=C(c1c[nH]c(=O)cn1)N1CCCC(O)C1. The lowest BCUT2D eigenvalue weighted by Gasteiger charge is -2.29. The average molecular weight is 223 g/mol. The summed E-state index contributed by atoms with van der Waals surface area (Å²) in [4.78, 5) is 30.4. The number of piperidine rings is 1. The standard InChI is InChI=1S/C10H13N3O3/c14-7-2-1-3-13(6-7)10(16)8-4-12-9(15)5-11-8/h4-5,7,14H,1-3,6H2,(H,12,15). The minimum absolute atomic E-state index is 0.203. The molecule has 1 saturated heterocycles. The molecule has 1 unspecified atom stereocenters. The number of hydrogen-bond donors (Lipinski definition) is 2. The molecule has 1 atom stereocenters. The summed E-state index contributed by atoms with van der Waals surface area (Å²) >= 11 is 0. The second-order valence-electron chi connectivity index (χ2n) is 3.84. The van der Waals surface area contributed by atoms with Gasteiger partial charge in [-0.3, -0.25) is 9.59 Å². The second kappa shape index (κ2) is 4.44. The molecule has 16 heavy (non-hydrogen) atoms. The van der Waals surface area contributed by atoms with Crippen LogP contribution in [0.1, 0.15) is 23.3 Å². The molecule has 0 bridgehead atoms. The van der Waals surface area contributed by atoms with Crippen molar-refractivity contribution in [3.8, 4) is 0 Å². The molecule has 1 aliphatic heterocycles. The Labute approximate surface area is 91.9 Å². The van der Waals surface area contributed by atoms with Gasteiger partial charge in [0.05, 0.1) is 12.3 Å². The summed E-state index contributed by atoms with van der Waals surface area (Å²) in [6, 6.07) is 0. The number of rotatable bonds is 1. The van der Waals surface area contributed by atoms with Gasteiger partial charge in [-0.1, -0.05) is 0 Å². The predicted molar refractivity (Wildman–Crippen MR) is 56.0 cm³/mol. The number of H-pyrrole nitrogens is 1. The number of aromatic nitrogens is 2. The molecule has 1 aromatic heterocycles. The van der Waals surface area contributed by atoms with E-state index in [2.05, 4.69) is 9.97 Å². The fourth-order valence-electron chi connectivity index (χ4n) is 1.76. The Balaban J connectivity index is 2.12. The highest BCUT2D eigenvalue weighted by molar-refractivity contribution is 5.92. The highest BCUT2D eigenvalue weighted by Gasteiger charge is 2.23. The van der Waals surface area contributed by atoms with E-state index in [1.165, 1.54) is 6.20 Å². The normalized spacial score (nSPS) is 20.8. The third kappa shape index (κ3) is 2.27. The second-order valence-corrected chi connectivity index (χ2v) is 3.84. The smallest absolute Gasteiger partial charge is 0.274 e. The Morgan fingerprint density at radius 3 is 3.06 bits per heavy atom. The summed E-state index contributed by atoms with van der Waals surface area (Å²) in [5.41, 5.74) is -0.135. The first-order chi connectivity index (χ1) is 7.66. The van der Waals surface area contributed by atoms with Crippen molar-refractivity contribution in [2.24, 2.45) is 0 Å². The Hall–Kier alpha value is -1.69. The molecule has 2 rings (SSSR count). The Morgan fingerprint density at radius 1 is 1.62 bits per heavy atom. The summed E-state index contributed by atoms with van der Waals surface area (Å²) in [6.07, 6.45) is 3.43. The van der Waals surface area contributed by atoms with Crippen molar-refractivity contribution in [3.05, 3.63) is 28.4 Å². The van der Waals surface area contributed by atoms with Crippen LogP contribution in [0.15, 0.2) is 17.2 Å². The molecule has 0 saturated carbocycles. The number of carbonyl (C=O) groups excluding carboxylic acids is 1. The summed E-state index contributed by atoms with van der Waals surface area (Å²) < 4.78 is 0. The molecule has 6 nitrogen and oxygen atoms in total. The van der Waals surface area contributed by atoms with Gasteiger partial charge in [-0.05, 0) is 12.8 Å². The molecule has 0 aromatic carbocycles. The largest absolute Gasteiger partial charge is 0.391 e. The van der Waals surface area contributed by atoms with Crippen molar-refractivity contribution in [1.82, 2.24) is 14.9 Å². The molecule has 6 heteroatoms. The molecule has 2 heterocycles. The van der Waals surface area contributed by atoms with E-state index < -0.39 is 6.10 Å². The number of aliphatic hydroxyl groups excluding tert-OH is 1. The number of likely N-dealkylation sites (tertiary alicyclic amines) is 1. The van der Waals surface area contributed by atoms with Crippen LogP contribution < -0.4 is 5.56 Å². The van der Waals surface area contributed by atoms with Crippen LogP contribution in [0.25, 0.3) is 0 Å². The summed E-state index contributed by atoms with van der Waals surface area (Å²) in [5.74, 6) is -0.255. The number of hydrogen-bond acceptors (Lipinski definition) is 4. The van der Waals surface area contributed by atoms with E-state index in [1.54, 1.807) is 4.90 Å². The monoisotopic (exact) mass is 223 g/mol. The van der Waals surface area contributed by atoms with Crippen LogP contribution in [0.4, 0.5) is 0 Å². The number of carbonyl (C=O) groups is 1. The molecule has 0 spiro atoms. The number of nitrogens with zero attached hydrogens (tertiary/aromatic N) is 2. The molecule has 1 aliphatic rings. The van der Waals surface area contributed by atoms with E-state index >= 15 is 0 Å². The summed E-state index contributed by atoms with van der Waals surface area (Å²) in [5, 5.41) is 9.45. The molecule has 0 aliphatic carbocycles. The molecule has 0 radical (unpaired) electrons. The maximum absolute atomic E-state index is 11.9. The molecule has 2 N–H and O–H groups in total. The van der Waals surface area contributed by atoms with E-state index in [9.17, 15) is 14.7 Å². The van der Waals surface area contributed by atoms with Crippen LogP contribution in [-0.2, 0) is 0 Å². The highest BCUT2D eigenvalue weighted by atomic mass is 16.3. The van der Waals surface area contributed by atoms with Crippen molar-refractivity contribution in [1.29, 1.82) is 0 Å². The van der Waals surface area contributed by atoms with Gasteiger partial charge in [-0.2, -0.15) is 0 Å². The minimum atomic E-state index is -0.458. The molecule has 1 amide bonds. The predicted octanol–water partition coefficient (Wildman–Crippen LogP) is -0.633. The Bertz CT molecular complexity index is 423. The van der Waals surface area contributed by atoms with Crippen molar-refractivity contribution in [3.63, 3.8) is 0 Å². The van der Waals surface area contributed by atoms with E-state index in [-0.39, 0.29) is 17.2 Å². The first-order valence-corrected chi connectivity index (χ1v) is 5.19. The van der Waals surface area contributed by atoms with Crippen molar-refractivity contribution < 1.29 is 9.90 Å². The maximum atomic E-state index is 11.9. The van der Waals surface area contributed by atoms with E-state index in [0.29, 0.717) is 13.1 Å². The first kappa shape index (κ1) is 10.8. The number of aromatic amines is 1. The minimum Gasteiger partial charge on any atom is -0.391 e. The number of aliphatic hydroxyl groups is 1. The van der Waals surface area contributed by atoms with Gasteiger partial charge in [-0.25, -0.2) is 4.98 Å². The fourth-order valence-corrected chi connectivity index (χ4v) is 1.76. The average Bonchev–Trinajstić information content (AvgIpc) is 2.29. The van der Waals surface area contributed by atoms with Gasteiger partial charge in [-0.15, -0.1) is 0 Å². The lowest BCUT2D eigenvalue weighted by molar-refractivity contribution is 0.0468. The van der Waals surface area contributed by atoms with E-state index in [1.807, 2.05) is 0 Å². The van der Waals surface area contributed by atoms with Crippen LogP contribution in [-0.4, -0.2) is 45.1 Å². The highest BCUT2D eigenvalue weighted by Crippen LogP contribution is 2.11. The number of amides is 1. The quantitative estimate of drug-likeness (QED) is 0.663. The van der Waals surface area contributed by atoms with Crippen LogP contribution >= 0.6 is 0 Å². The van der Waals surface area contributed by atoms with Crippen molar-refractivity contribution in [2.45, 2.75) is 18.9 Å². The molecular formula is C10H13N3O3. The lowest BCUT2D eigenvalue weighted by atomic mass is 10.1. The Kier molecular flexibility index (Phi) is 3.00. The van der Waals surface area contributed by atoms with Crippen molar-refractivity contribution in [2.75, 3.05) is 13.1 Å².